The van der Waals surface area contributed by atoms with Gasteiger partial charge < -0.3 is 10.5 Å². The molecule has 0 fully saturated rings. The first-order valence-electron chi connectivity index (χ1n) is 6.60. The van der Waals surface area contributed by atoms with Crippen molar-refractivity contribution in [1.29, 1.82) is 0 Å². The molecule has 0 radical (unpaired) electrons. The molecule has 2 N–H and O–H groups in total. The van der Waals surface area contributed by atoms with E-state index in [-0.39, 0.29) is 5.97 Å². The molecule has 1 unspecified atom stereocenters. The lowest BCUT2D eigenvalue weighted by Crippen LogP contribution is -2.33. The van der Waals surface area contributed by atoms with Gasteiger partial charge in [0.1, 0.15) is 6.04 Å². The molecule has 104 valence electrons. The van der Waals surface area contributed by atoms with Crippen LogP contribution in [-0.4, -0.2) is 19.1 Å². The number of hydrogen-bond acceptors (Lipinski definition) is 3. The van der Waals surface area contributed by atoms with Crippen molar-refractivity contribution in [1.82, 2.24) is 0 Å². The second-order valence-corrected chi connectivity index (χ2v) is 4.86. The number of aryl methyl sites for hydroxylation is 1. The first-order chi connectivity index (χ1) is 9.61. The Hall–Kier alpha value is -2.13. The summed E-state index contributed by atoms with van der Waals surface area (Å²) in [5, 5.41) is 0. The topological polar surface area (TPSA) is 52.3 Å². The van der Waals surface area contributed by atoms with Crippen molar-refractivity contribution < 1.29 is 9.53 Å². The Balaban J connectivity index is 2.34. The van der Waals surface area contributed by atoms with Crippen molar-refractivity contribution in [2.45, 2.75) is 19.4 Å². The van der Waals surface area contributed by atoms with Crippen LogP contribution < -0.4 is 5.73 Å². The molecule has 0 bridgehead atoms. The van der Waals surface area contributed by atoms with Crippen molar-refractivity contribution in [3.8, 4) is 11.1 Å². The number of methoxy groups -OCH3 is 1. The van der Waals surface area contributed by atoms with E-state index >= 15 is 0 Å². The van der Waals surface area contributed by atoms with E-state index in [1.807, 2.05) is 30.3 Å². The molecule has 1 atom stereocenters. The summed E-state index contributed by atoms with van der Waals surface area (Å²) in [7, 11) is 1.36. The van der Waals surface area contributed by atoms with E-state index < -0.39 is 6.04 Å². The number of esters is 1. The van der Waals surface area contributed by atoms with Gasteiger partial charge in [0.2, 0.25) is 0 Å². The Bertz CT molecular complexity index is 607. The van der Waals surface area contributed by atoms with E-state index in [1.165, 1.54) is 12.7 Å². The Morgan fingerprint density at radius 1 is 1.20 bits per heavy atom. The van der Waals surface area contributed by atoms with Gasteiger partial charge in [0.25, 0.3) is 0 Å². The van der Waals surface area contributed by atoms with Gasteiger partial charge in [-0.15, -0.1) is 0 Å². The van der Waals surface area contributed by atoms with Gasteiger partial charge in [-0.2, -0.15) is 0 Å². The Kier molecular flexibility index (Phi) is 4.53. The average molecular weight is 269 g/mol. The van der Waals surface area contributed by atoms with Crippen LogP contribution in [0.25, 0.3) is 11.1 Å². The molecule has 0 aliphatic rings. The van der Waals surface area contributed by atoms with Crippen molar-refractivity contribution in [3.63, 3.8) is 0 Å². The molecule has 2 aromatic rings. The van der Waals surface area contributed by atoms with Crippen LogP contribution in [0.2, 0.25) is 0 Å². The van der Waals surface area contributed by atoms with E-state index in [0.717, 1.165) is 16.7 Å². The van der Waals surface area contributed by atoms with E-state index in [1.54, 1.807) is 0 Å². The molecule has 0 aliphatic heterocycles. The highest BCUT2D eigenvalue weighted by atomic mass is 16.5. The highest BCUT2D eigenvalue weighted by Crippen LogP contribution is 2.25. The zero-order valence-corrected chi connectivity index (χ0v) is 11.8. The third-order valence-electron chi connectivity index (χ3n) is 3.29. The highest BCUT2D eigenvalue weighted by molar-refractivity contribution is 5.77. The lowest BCUT2D eigenvalue weighted by atomic mass is 9.94. The summed E-state index contributed by atoms with van der Waals surface area (Å²) in [6.07, 6.45) is 0.469. The number of nitrogens with two attached hydrogens (primary N) is 1. The van der Waals surface area contributed by atoms with Gasteiger partial charge in [-0.1, -0.05) is 54.1 Å². The number of rotatable bonds is 4. The SMILES string of the molecule is COC(=O)C(N)Cc1ccccc1-c1cccc(C)c1. The standard InChI is InChI=1S/C17H19NO2/c1-12-6-5-8-13(10-12)15-9-4-3-7-14(15)11-16(18)17(19)20-2/h3-10,16H,11,18H2,1-2H3. The fourth-order valence-corrected chi connectivity index (χ4v) is 2.26. The van der Waals surface area contributed by atoms with E-state index in [4.69, 9.17) is 5.73 Å². The van der Waals surface area contributed by atoms with Gasteiger partial charge in [-0.05, 0) is 30.0 Å². The first-order valence-corrected chi connectivity index (χ1v) is 6.60. The lowest BCUT2D eigenvalue weighted by molar-refractivity contribution is -0.142. The third kappa shape index (κ3) is 3.25. The molecule has 2 rings (SSSR count). The summed E-state index contributed by atoms with van der Waals surface area (Å²) in [5.74, 6) is -0.385. The predicted octanol–water partition coefficient (Wildman–Crippen LogP) is 2.70. The smallest absolute Gasteiger partial charge is 0.322 e. The molecule has 0 amide bonds. The second-order valence-electron chi connectivity index (χ2n) is 4.86. The summed E-state index contributed by atoms with van der Waals surface area (Å²) in [5.41, 5.74) is 10.4. The molecule has 0 saturated heterocycles. The van der Waals surface area contributed by atoms with Crippen molar-refractivity contribution >= 4 is 5.97 Å². The normalized spacial score (nSPS) is 11.9. The quantitative estimate of drug-likeness (QED) is 0.868. The predicted molar refractivity (Wildman–Crippen MR) is 80.3 cm³/mol. The molecule has 20 heavy (non-hydrogen) atoms. The van der Waals surface area contributed by atoms with Crippen LogP contribution in [0, 0.1) is 6.92 Å². The Morgan fingerprint density at radius 3 is 2.65 bits per heavy atom. The van der Waals surface area contributed by atoms with E-state index in [9.17, 15) is 4.79 Å². The zero-order valence-electron chi connectivity index (χ0n) is 11.8. The van der Waals surface area contributed by atoms with Gasteiger partial charge in [0, 0.05) is 0 Å². The molecule has 0 saturated carbocycles. The largest absolute Gasteiger partial charge is 0.468 e. The monoisotopic (exact) mass is 269 g/mol. The maximum Gasteiger partial charge on any atom is 0.322 e. The van der Waals surface area contributed by atoms with Crippen LogP contribution in [0.5, 0.6) is 0 Å². The Labute approximate surface area is 119 Å². The van der Waals surface area contributed by atoms with Gasteiger partial charge in [0.15, 0.2) is 0 Å². The van der Waals surface area contributed by atoms with Crippen LogP contribution in [0.15, 0.2) is 48.5 Å². The fraction of sp³-hybridized carbons (Fsp3) is 0.235. The van der Waals surface area contributed by atoms with Gasteiger partial charge in [-0.25, -0.2) is 0 Å². The maximum absolute atomic E-state index is 11.5. The van der Waals surface area contributed by atoms with Gasteiger partial charge >= 0.3 is 5.97 Å². The maximum atomic E-state index is 11.5. The fourth-order valence-electron chi connectivity index (χ4n) is 2.26. The van der Waals surface area contributed by atoms with Crippen molar-refractivity contribution in [2.75, 3.05) is 7.11 Å². The second kappa shape index (κ2) is 6.35. The molecule has 0 aliphatic carbocycles. The van der Waals surface area contributed by atoms with Crippen LogP contribution in [0.4, 0.5) is 0 Å². The summed E-state index contributed by atoms with van der Waals surface area (Å²) in [6.45, 7) is 2.06. The zero-order chi connectivity index (χ0) is 14.5. The van der Waals surface area contributed by atoms with E-state index in [2.05, 4.69) is 29.9 Å². The molecule has 3 heteroatoms. The van der Waals surface area contributed by atoms with Crippen LogP contribution in [0.1, 0.15) is 11.1 Å². The van der Waals surface area contributed by atoms with Gasteiger partial charge in [0.05, 0.1) is 7.11 Å². The van der Waals surface area contributed by atoms with Gasteiger partial charge in [-0.3, -0.25) is 4.79 Å². The van der Waals surface area contributed by atoms with Crippen LogP contribution in [0.3, 0.4) is 0 Å². The minimum Gasteiger partial charge on any atom is -0.468 e. The summed E-state index contributed by atoms with van der Waals surface area (Å²) >= 11 is 0. The summed E-state index contributed by atoms with van der Waals surface area (Å²) in [4.78, 5) is 11.5. The van der Waals surface area contributed by atoms with Crippen molar-refractivity contribution in [2.24, 2.45) is 5.73 Å². The number of carbonyl (C=O) groups is 1. The molecule has 0 spiro atoms. The molecule has 3 nitrogen and oxygen atoms in total. The summed E-state index contributed by atoms with van der Waals surface area (Å²) in [6, 6.07) is 15.6. The number of hydrogen-bond donors (Lipinski definition) is 1. The molecule has 0 heterocycles. The average Bonchev–Trinajstić information content (AvgIpc) is 2.47. The summed E-state index contributed by atoms with van der Waals surface area (Å²) < 4.78 is 4.68. The highest BCUT2D eigenvalue weighted by Gasteiger charge is 2.16. The number of carbonyl (C=O) groups excluding carboxylic acids is 1. The van der Waals surface area contributed by atoms with Crippen molar-refractivity contribution in [3.05, 3.63) is 59.7 Å². The number of benzene rings is 2. The minimum atomic E-state index is -0.633. The molecule has 0 aromatic heterocycles. The number of ether oxygens (including phenoxy) is 1. The molecular weight excluding hydrogens is 250 g/mol. The Morgan fingerprint density at radius 2 is 1.95 bits per heavy atom. The minimum absolute atomic E-state index is 0.385. The first kappa shape index (κ1) is 14.3. The van der Waals surface area contributed by atoms with Crippen LogP contribution in [-0.2, 0) is 16.0 Å². The third-order valence-corrected chi connectivity index (χ3v) is 3.29. The molecular formula is C17H19NO2. The molecule has 2 aromatic carbocycles. The lowest BCUT2D eigenvalue weighted by Gasteiger charge is -2.13. The van der Waals surface area contributed by atoms with E-state index in [0.29, 0.717) is 6.42 Å². The van der Waals surface area contributed by atoms with Crippen LogP contribution >= 0.6 is 0 Å².